The number of amides is 2. The smallest absolute Gasteiger partial charge is 0.314 e. The Bertz CT molecular complexity index is 748. The summed E-state index contributed by atoms with van der Waals surface area (Å²) >= 11 is 0. The van der Waals surface area contributed by atoms with Crippen LogP contribution in [0, 0.1) is 0 Å². The van der Waals surface area contributed by atoms with E-state index in [4.69, 9.17) is 0 Å². The lowest BCUT2D eigenvalue weighted by Crippen LogP contribution is -2.35. The van der Waals surface area contributed by atoms with Crippen LogP contribution in [0.2, 0.25) is 0 Å². The molecule has 0 spiro atoms. The van der Waals surface area contributed by atoms with E-state index in [-0.39, 0.29) is 6.04 Å². The number of nitrogens with zero attached hydrogens (tertiary/aromatic N) is 3. The molecule has 0 aliphatic carbocycles. The molecule has 7 heteroatoms. The Morgan fingerprint density at radius 3 is 2.26 bits per heavy atom. The summed E-state index contributed by atoms with van der Waals surface area (Å²) in [7, 11) is 0. The molecule has 0 aliphatic rings. The van der Waals surface area contributed by atoms with Crippen molar-refractivity contribution in [3.63, 3.8) is 0 Å². The van der Waals surface area contributed by atoms with Gasteiger partial charge in [0.2, 0.25) is 0 Å². The van der Waals surface area contributed by atoms with Gasteiger partial charge < -0.3 is 10.6 Å². The highest BCUT2D eigenvalue weighted by Gasteiger charge is 2.16. The van der Waals surface area contributed by atoms with Crippen molar-refractivity contribution in [1.29, 1.82) is 0 Å². The van der Waals surface area contributed by atoms with Crippen molar-refractivity contribution >= 4 is 17.6 Å². The van der Waals surface area contributed by atoms with Crippen LogP contribution in [0.25, 0.3) is 0 Å². The second-order valence-corrected chi connectivity index (χ2v) is 6.67. The molecule has 0 unspecified atom stereocenters. The van der Waals surface area contributed by atoms with Gasteiger partial charge in [0.05, 0.1) is 6.20 Å². The van der Waals surface area contributed by atoms with E-state index in [1.807, 2.05) is 26.0 Å². The molecular weight excluding hydrogens is 342 g/mol. The van der Waals surface area contributed by atoms with Crippen LogP contribution in [0.3, 0.4) is 0 Å². The van der Waals surface area contributed by atoms with E-state index in [1.165, 1.54) is 5.56 Å². The van der Waals surface area contributed by atoms with Crippen LogP contribution in [0.15, 0.2) is 36.5 Å². The lowest BCUT2D eigenvalue weighted by atomic mass is 10.1. The van der Waals surface area contributed by atoms with Gasteiger partial charge in [-0.1, -0.05) is 38.1 Å². The van der Waals surface area contributed by atoms with Crippen molar-refractivity contribution in [2.45, 2.75) is 46.8 Å². The summed E-state index contributed by atoms with van der Waals surface area (Å²) in [6.07, 6.45) is 1.59. The summed E-state index contributed by atoms with van der Waals surface area (Å²) in [5.41, 5.74) is 2.18. The fourth-order valence-electron chi connectivity index (χ4n) is 2.73. The van der Waals surface area contributed by atoms with Gasteiger partial charge in [-0.05, 0) is 38.1 Å². The summed E-state index contributed by atoms with van der Waals surface area (Å²) in [6, 6.07) is 9.82. The molecule has 1 aromatic heterocycles. The van der Waals surface area contributed by atoms with Crippen molar-refractivity contribution in [3.8, 4) is 0 Å². The molecule has 1 heterocycles. The number of aromatic nitrogens is 2. The van der Waals surface area contributed by atoms with Gasteiger partial charge >= 0.3 is 11.8 Å². The zero-order valence-corrected chi connectivity index (χ0v) is 16.5. The first-order chi connectivity index (χ1) is 12.9. The minimum atomic E-state index is -0.699. The molecule has 2 N–H and O–H groups in total. The van der Waals surface area contributed by atoms with Gasteiger partial charge in [0.25, 0.3) is 0 Å². The van der Waals surface area contributed by atoms with Gasteiger partial charge in [0, 0.05) is 25.2 Å². The molecule has 146 valence electrons. The summed E-state index contributed by atoms with van der Waals surface area (Å²) in [6.45, 7) is 11.4. The molecule has 0 aliphatic heterocycles. The van der Waals surface area contributed by atoms with E-state index in [2.05, 4.69) is 46.6 Å². The Labute approximate surface area is 160 Å². The highest BCUT2D eigenvalue weighted by atomic mass is 16.2. The van der Waals surface area contributed by atoms with E-state index in [1.54, 1.807) is 16.9 Å². The normalized spacial score (nSPS) is 11.0. The lowest BCUT2D eigenvalue weighted by Gasteiger charge is -2.18. The molecule has 0 atom stereocenters. The maximum Gasteiger partial charge on any atom is 0.314 e. The van der Waals surface area contributed by atoms with Crippen LogP contribution in [0.1, 0.15) is 44.9 Å². The van der Waals surface area contributed by atoms with Crippen molar-refractivity contribution in [3.05, 3.63) is 47.7 Å². The quantitative estimate of drug-likeness (QED) is 0.699. The van der Waals surface area contributed by atoms with Crippen molar-refractivity contribution < 1.29 is 9.59 Å². The minimum absolute atomic E-state index is 0.0909. The van der Waals surface area contributed by atoms with Gasteiger partial charge in [-0.25, -0.2) is 4.68 Å². The van der Waals surface area contributed by atoms with Gasteiger partial charge in [-0.2, -0.15) is 5.10 Å². The van der Waals surface area contributed by atoms with Gasteiger partial charge in [-0.15, -0.1) is 0 Å². The Morgan fingerprint density at radius 2 is 1.67 bits per heavy atom. The summed E-state index contributed by atoms with van der Waals surface area (Å²) < 4.78 is 1.65. The second kappa shape index (κ2) is 9.87. The topological polar surface area (TPSA) is 79.3 Å². The van der Waals surface area contributed by atoms with E-state index in [0.717, 1.165) is 25.2 Å². The number of carbonyl (C=O) groups is 2. The van der Waals surface area contributed by atoms with Crippen LogP contribution < -0.4 is 10.6 Å². The van der Waals surface area contributed by atoms with Gasteiger partial charge in [0.15, 0.2) is 0 Å². The number of hydrogen-bond donors (Lipinski definition) is 2. The van der Waals surface area contributed by atoms with Crippen molar-refractivity contribution in [2.24, 2.45) is 0 Å². The van der Waals surface area contributed by atoms with Gasteiger partial charge in [-0.3, -0.25) is 14.5 Å². The fraction of sp³-hybridized carbons (Fsp3) is 0.450. The summed E-state index contributed by atoms with van der Waals surface area (Å²) in [5.74, 6) is -0.861. The van der Waals surface area contributed by atoms with Crippen LogP contribution in [-0.2, 0) is 22.7 Å². The Kier molecular flexibility index (Phi) is 7.55. The molecule has 2 rings (SSSR count). The molecule has 0 saturated carbocycles. The lowest BCUT2D eigenvalue weighted by molar-refractivity contribution is -0.136. The molecule has 7 nitrogen and oxygen atoms in total. The molecule has 1 aromatic carbocycles. The maximum absolute atomic E-state index is 12.1. The monoisotopic (exact) mass is 371 g/mol. The fourth-order valence-corrected chi connectivity index (χ4v) is 2.73. The van der Waals surface area contributed by atoms with Crippen LogP contribution in [-0.4, -0.2) is 39.6 Å². The van der Waals surface area contributed by atoms with E-state index < -0.39 is 11.8 Å². The Morgan fingerprint density at radius 1 is 1.04 bits per heavy atom. The average molecular weight is 371 g/mol. The first kappa shape index (κ1) is 20.6. The zero-order chi connectivity index (χ0) is 19.8. The molecular formula is C20H29N5O2. The molecule has 0 bridgehead atoms. The number of benzene rings is 1. The third-order valence-corrected chi connectivity index (χ3v) is 4.38. The predicted molar refractivity (Wildman–Crippen MR) is 106 cm³/mol. The van der Waals surface area contributed by atoms with E-state index in [9.17, 15) is 9.59 Å². The molecule has 0 radical (unpaired) electrons. The first-order valence-corrected chi connectivity index (χ1v) is 9.37. The Hall–Kier alpha value is -2.67. The third-order valence-electron chi connectivity index (χ3n) is 4.38. The average Bonchev–Trinajstić information content (AvgIpc) is 3.13. The number of carbonyl (C=O) groups excluding carboxylic acids is 2. The van der Waals surface area contributed by atoms with Crippen LogP contribution >= 0.6 is 0 Å². The number of anilines is 1. The highest BCUT2D eigenvalue weighted by Crippen LogP contribution is 2.13. The molecule has 0 fully saturated rings. The number of hydrogen-bond acceptors (Lipinski definition) is 4. The van der Waals surface area contributed by atoms with Crippen molar-refractivity contribution in [1.82, 2.24) is 20.0 Å². The molecule has 0 saturated heterocycles. The maximum atomic E-state index is 12.1. The number of rotatable bonds is 8. The second-order valence-electron chi connectivity index (χ2n) is 6.67. The van der Waals surface area contributed by atoms with Gasteiger partial charge in [0.1, 0.15) is 5.82 Å². The summed E-state index contributed by atoms with van der Waals surface area (Å²) in [5, 5.41) is 9.38. The third kappa shape index (κ3) is 5.92. The van der Waals surface area contributed by atoms with Crippen LogP contribution in [0.5, 0.6) is 0 Å². The number of nitrogens with one attached hydrogen (secondary N) is 2. The zero-order valence-electron chi connectivity index (χ0n) is 16.5. The SMILES string of the molecule is CCN(CC)Cc1ccc(CNC(=O)C(=O)Nc2ccnn2C(C)C)cc1. The predicted octanol–water partition coefficient (Wildman–Crippen LogP) is 2.56. The largest absolute Gasteiger partial charge is 0.344 e. The van der Waals surface area contributed by atoms with Crippen LogP contribution in [0.4, 0.5) is 5.82 Å². The Balaban J connectivity index is 1.85. The molecule has 2 aromatic rings. The minimum Gasteiger partial charge on any atom is -0.344 e. The van der Waals surface area contributed by atoms with E-state index in [0.29, 0.717) is 12.4 Å². The first-order valence-electron chi connectivity index (χ1n) is 9.37. The van der Waals surface area contributed by atoms with E-state index >= 15 is 0 Å². The summed E-state index contributed by atoms with van der Waals surface area (Å²) in [4.78, 5) is 26.5. The highest BCUT2D eigenvalue weighted by molar-refractivity contribution is 6.39. The molecule has 27 heavy (non-hydrogen) atoms. The standard InChI is InChI=1S/C20H29N5O2/c1-5-24(6-2)14-17-9-7-16(8-10-17)13-21-19(26)20(27)23-18-11-12-22-25(18)15(3)4/h7-12,15H,5-6,13-14H2,1-4H3,(H,21,26)(H,23,27). The molecule has 2 amide bonds. The van der Waals surface area contributed by atoms with Crippen molar-refractivity contribution in [2.75, 3.05) is 18.4 Å².